The zero-order valence-corrected chi connectivity index (χ0v) is 19.5. The monoisotopic (exact) mass is 478 g/mol. The number of rotatable bonds is 6. The molecular formula is C28H22N4O4. The highest BCUT2D eigenvalue weighted by molar-refractivity contribution is 5.96. The molecule has 2 aromatic carbocycles. The van der Waals surface area contributed by atoms with E-state index in [0.29, 0.717) is 57.9 Å². The van der Waals surface area contributed by atoms with E-state index in [2.05, 4.69) is 16.0 Å². The fourth-order valence-electron chi connectivity index (χ4n) is 4.44. The van der Waals surface area contributed by atoms with Gasteiger partial charge in [0.25, 0.3) is 5.56 Å². The largest absolute Gasteiger partial charge is 0.441 e. The molecule has 178 valence electrons. The summed E-state index contributed by atoms with van der Waals surface area (Å²) in [5.74, 6) is 0. The summed E-state index contributed by atoms with van der Waals surface area (Å²) < 4.78 is 10.6. The smallest absolute Gasteiger partial charge is 0.414 e. The third kappa shape index (κ3) is 4.24. The highest BCUT2D eigenvalue weighted by Crippen LogP contribution is 2.39. The number of nitrogens with one attached hydrogen (secondary N) is 1. The van der Waals surface area contributed by atoms with Crippen LogP contribution in [0.1, 0.15) is 5.56 Å². The number of carbonyl (C=O) groups excluding carboxylic acids is 1. The van der Waals surface area contributed by atoms with Crippen molar-refractivity contribution in [2.75, 3.05) is 25.2 Å². The molecule has 36 heavy (non-hydrogen) atoms. The fraction of sp³-hybridized carbons (Fsp3) is 0.143. The molecule has 1 saturated heterocycles. The molecule has 3 heterocycles. The van der Waals surface area contributed by atoms with Crippen molar-refractivity contribution in [3.8, 4) is 39.6 Å². The SMILES string of the molecule is COCC1CN(c2cccc(-c3c(-c4ccccn4)c[nH]c(=O)c3-c3ccccc3C#N)c2)C(=O)O1. The van der Waals surface area contributed by atoms with E-state index in [-0.39, 0.29) is 11.7 Å². The lowest BCUT2D eigenvalue weighted by atomic mass is 9.89. The molecule has 0 radical (unpaired) electrons. The van der Waals surface area contributed by atoms with Gasteiger partial charge in [-0.25, -0.2) is 4.79 Å². The van der Waals surface area contributed by atoms with Crippen molar-refractivity contribution in [3.05, 3.63) is 95.0 Å². The van der Waals surface area contributed by atoms with E-state index in [4.69, 9.17) is 9.47 Å². The molecule has 1 atom stereocenters. The normalized spacial score (nSPS) is 14.9. The Balaban J connectivity index is 1.74. The lowest BCUT2D eigenvalue weighted by Gasteiger charge is -2.18. The molecule has 1 amide bonds. The second-order valence-corrected chi connectivity index (χ2v) is 8.28. The Morgan fingerprint density at radius 1 is 1.08 bits per heavy atom. The number of hydrogen-bond acceptors (Lipinski definition) is 6. The van der Waals surface area contributed by atoms with Gasteiger partial charge in [-0.1, -0.05) is 36.4 Å². The second kappa shape index (κ2) is 9.86. The third-order valence-corrected chi connectivity index (χ3v) is 6.02. The summed E-state index contributed by atoms with van der Waals surface area (Å²) in [4.78, 5) is 34.7. The zero-order valence-electron chi connectivity index (χ0n) is 19.5. The maximum atomic E-state index is 13.3. The zero-order chi connectivity index (χ0) is 25.1. The van der Waals surface area contributed by atoms with E-state index in [0.717, 1.165) is 0 Å². The molecule has 8 heteroatoms. The summed E-state index contributed by atoms with van der Waals surface area (Å²) >= 11 is 0. The van der Waals surface area contributed by atoms with Crippen LogP contribution in [0.2, 0.25) is 0 Å². The number of H-pyrrole nitrogens is 1. The summed E-state index contributed by atoms with van der Waals surface area (Å²) in [6, 6.07) is 22.1. The van der Waals surface area contributed by atoms with Crippen LogP contribution in [0.5, 0.6) is 0 Å². The average molecular weight is 479 g/mol. The molecule has 1 N–H and O–H groups in total. The van der Waals surface area contributed by atoms with Gasteiger partial charge in [-0.15, -0.1) is 0 Å². The van der Waals surface area contributed by atoms with Gasteiger partial charge in [-0.2, -0.15) is 5.26 Å². The average Bonchev–Trinajstić information content (AvgIpc) is 3.29. The van der Waals surface area contributed by atoms with E-state index in [9.17, 15) is 14.9 Å². The minimum Gasteiger partial charge on any atom is -0.441 e. The van der Waals surface area contributed by atoms with E-state index >= 15 is 0 Å². The first kappa shape index (κ1) is 23.0. The number of nitriles is 1. The van der Waals surface area contributed by atoms with E-state index < -0.39 is 6.09 Å². The molecule has 0 saturated carbocycles. The molecule has 4 aromatic rings. The highest BCUT2D eigenvalue weighted by atomic mass is 16.6. The summed E-state index contributed by atoms with van der Waals surface area (Å²) in [6.07, 6.45) is 2.48. The Kier molecular flexibility index (Phi) is 6.31. The van der Waals surface area contributed by atoms with Gasteiger partial charge in [-0.3, -0.25) is 14.7 Å². The number of pyridine rings is 2. The van der Waals surface area contributed by atoms with Gasteiger partial charge < -0.3 is 14.5 Å². The summed E-state index contributed by atoms with van der Waals surface area (Å²) in [5.41, 5.74) is 4.20. The van der Waals surface area contributed by atoms with Crippen LogP contribution in [0.3, 0.4) is 0 Å². The number of hydrogen-bond donors (Lipinski definition) is 1. The number of anilines is 1. The number of benzene rings is 2. The molecule has 1 fully saturated rings. The van der Waals surface area contributed by atoms with Crippen molar-refractivity contribution in [2.45, 2.75) is 6.10 Å². The van der Waals surface area contributed by atoms with Crippen LogP contribution < -0.4 is 10.5 Å². The van der Waals surface area contributed by atoms with Crippen LogP contribution in [-0.4, -0.2) is 42.4 Å². The Bertz CT molecular complexity index is 1520. The molecule has 1 aliphatic rings. The molecule has 0 spiro atoms. The first-order valence-corrected chi connectivity index (χ1v) is 11.3. The number of carbonyl (C=O) groups is 1. The van der Waals surface area contributed by atoms with Gasteiger partial charge in [0.15, 0.2) is 0 Å². The van der Waals surface area contributed by atoms with Crippen LogP contribution in [0, 0.1) is 11.3 Å². The van der Waals surface area contributed by atoms with Crippen LogP contribution in [0.25, 0.3) is 33.5 Å². The Labute approximate surface area is 207 Å². The number of nitrogens with zero attached hydrogens (tertiary/aromatic N) is 3. The third-order valence-electron chi connectivity index (χ3n) is 6.02. The van der Waals surface area contributed by atoms with Crippen molar-refractivity contribution in [3.63, 3.8) is 0 Å². The molecule has 1 aliphatic heterocycles. The number of cyclic esters (lactones) is 1. The Hall–Kier alpha value is -4.74. The molecule has 2 aromatic heterocycles. The molecule has 5 rings (SSSR count). The topological polar surface area (TPSA) is 108 Å². The number of methoxy groups -OCH3 is 1. The first-order valence-electron chi connectivity index (χ1n) is 11.3. The maximum absolute atomic E-state index is 13.3. The second-order valence-electron chi connectivity index (χ2n) is 8.28. The van der Waals surface area contributed by atoms with Crippen LogP contribution in [0.15, 0.2) is 83.9 Å². The van der Waals surface area contributed by atoms with E-state index in [1.54, 1.807) is 48.7 Å². The number of aromatic nitrogens is 2. The van der Waals surface area contributed by atoms with Gasteiger partial charge in [0.05, 0.1) is 36.0 Å². The first-order chi connectivity index (χ1) is 17.6. The van der Waals surface area contributed by atoms with Gasteiger partial charge in [0, 0.05) is 41.9 Å². The molecule has 1 unspecified atom stereocenters. The highest BCUT2D eigenvalue weighted by Gasteiger charge is 2.32. The molecule has 8 nitrogen and oxygen atoms in total. The standard InChI is InChI=1S/C28H22N4O4/c1-35-17-21-16-32(28(34)36-21)20-9-6-8-18(13-20)25-23(24-11-4-5-12-30-24)15-31-27(33)26(25)22-10-3-2-7-19(22)14-29/h2-13,15,21H,16-17H2,1H3,(H,31,33). The van der Waals surface area contributed by atoms with Crippen molar-refractivity contribution in [2.24, 2.45) is 0 Å². The number of ether oxygens (including phenoxy) is 2. The number of aromatic amines is 1. The van der Waals surface area contributed by atoms with Crippen LogP contribution >= 0.6 is 0 Å². The van der Waals surface area contributed by atoms with Gasteiger partial charge in [-0.05, 0) is 35.9 Å². The van der Waals surface area contributed by atoms with E-state index in [1.165, 1.54) is 0 Å². The minimum atomic E-state index is -0.458. The van der Waals surface area contributed by atoms with E-state index in [1.807, 2.05) is 42.5 Å². The Morgan fingerprint density at radius 3 is 2.69 bits per heavy atom. The van der Waals surface area contributed by atoms with Crippen LogP contribution in [-0.2, 0) is 9.47 Å². The lowest BCUT2D eigenvalue weighted by Crippen LogP contribution is -2.25. The summed E-state index contributed by atoms with van der Waals surface area (Å²) in [6.45, 7) is 0.650. The van der Waals surface area contributed by atoms with Gasteiger partial charge in [0.2, 0.25) is 0 Å². The predicted molar refractivity (Wildman–Crippen MR) is 135 cm³/mol. The predicted octanol–water partition coefficient (Wildman–Crippen LogP) is 4.61. The Morgan fingerprint density at radius 2 is 1.92 bits per heavy atom. The maximum Gasteiger partial charge on any atom is 0.414 e. The van der Waals surface area contributed by atoms with Crippen LogP contribution in [0.4, 0.5) is 10.5 Å². The summed E-state index contributed by atoms with van der Waals surface area (Å²) in [5, 5.41) is 9.76. The quantitative estimate of drug-likeness (QED) is 0.433. The van der Waals surface area contributed by atoms with Crippen molar-refractivity contribution < 1.29 is 14.3 Å². The molecule has 0 aliphatic carbocycles. The fourth-order valence-corrected chi connectivity index (χ4v) is 4.44. The van der Waals surface area contributed by atoms with Crippen molar-refractivity contribution in [1.82, 2.24) is 9.97 Å². The minimum absolute atomic E-state index is 0.301. The molecular weight excluding hydrogens is 456 g/mol. The van der Waals surface area contributed by atoms with Gasteiger partial charge >= 0.3 is 6.09 Å². The van der Waals surface area contributed by atoms with Crippen molar-refractivity contribution >= 4 is 11.8 Å². The lowest BCUT2D eigenvalue weighted by molar-refractivity contribution is 0.0718. The number of amides is 1. The molecule has 0 bridgehead atoms. The van der Waals surface area contributed by atoms with Crippen molar-refractivity contribution in [1.29, 1.82) is 5.26 Å². The van der Waals surface area contributed by atoms with Gasteiger partial charge in [0.1, 0.15) is 6.10 Å². The summed E-state index contributed by atoms with van der Waals surface area (Å²) in [7, 11) is 1.56.